The van der Waals surface area contributed by atoms with Gasteiger partial charge in [0.25, 0.3) is 0 Å². The molecule has 0 aliphatic heterocycles. The van der Waals surface area contributed by atoms with Crippen LogP contribution in [0.25, 0.3) is 0 Å². The van der Waals surface area contributed by atoms with E-state index in [1.165, 1.54) is 6.92 Å². The van der Waals surface area contributed by atoms with E-state index in [1.54, 1.807) is 26.8 Å². The van der Waals surface area contributed by atoms with Crippen LogP contribution >= 0.6 is 0 Å². The Labute approximate surface area is 131 Å². The second-order valence-electron chi connectivity index (χ2n) is 5.64. The van der Waals surface area contributed by atoms with Crippen LogP contribution in [0.5, 0.6) is 0 Å². The van der Waals surface area contributed by atoms with E-state index >= 15 is 0 Å². The standard InChI is InChI=1S/C16H26N2O4/c1-7-12(10(3)13(17)11(4)14(19)20)22-9-16(5,6)15(21)18-8-2/h7,11,17H,3,8-9H2,1-2,4-6H3,(H,18,21)(H,19,20). The highest BCUT2D eigenvalue weighted by Gasteiger charge is 2.29. The zero-order valence-corrected chi connectivity index (χ0v) is 13.9. The zero-order chi connectivity index (χ0) is 17.5. The Bertz CT molecular complexity index is 492. The first-order chi connectivity index (χ1) is 10.1. The second-order valence-corrected chi connectivity index (χ2v) is 5.64. The fraction of sp³-hybridized carbons (Fsp3) is 0.562. The molecule has 0 aromatic rings. The lowest BCUT2D eigenvalue weighted by molar-refractivity contribution is -0.138. The van der Waals surface area contributed by atoms with E-state index < -0.39 is 17.3 Å². The van der Waals surface area contributed by atoms with Crippen molar-refractivity contribution in [3.8, 4) is 0 Å². The molecule has 3 N–H and O–H groups in total. The van der Waals surface area contributed by atoms with Gasteiger partial charge in [-0.15, -0.1) is 0 Å². The van der Waals surface area contributed by atoms with Gasteiger partial charge in [0, 0.05) is 12.1 Å². The summed E-state index contributed by atoms with van der Waals surface area (Å²) in [5, 5.41) is 19.6. The lowest BCUT2D eigenvalue weighted by atomic mass is 9.93. The Morgan fingerprint density at radius 3 is 2.41 bits per heavy atom. The summed E-state index contributed by atoms with van der Waals surface area (Å²) in [7, 11) is 0. The van der Waals surface area contributed by atoms with Crippen LogP contribution in [0.3, 0.4) is 0 Å². The van der Waals surface area contributed by atoms with E-state index in [2.05, 4.69) is 11.9 Å². The number of carbonyl (C=O) groups excluding carboxylic acids is 1. The van der Waals surface area contributed by atoms with Gasteiger partial charge in [-0.3, -0.25) is 9.59 Å². The van der Waals surface area contributed by atoms with Crippen LogP contribution in [0.2, 0.25) is 0 Å². The number of nitrogens with one attached hydrogen (secondary N) is 2. The first-order valence-electron chi connectivity index (χ1n) is 7.16. The van der Waals surface area contributed by atoms with Gasteiger partial charge >= 0.3 is 5.97 Å². The van der Waals surface area contributed by atoms with Crippen LogP contribution in [0.4, 0.5) is 0 Å². The molecule has 0 saturated carbocycles. The van der Waals surface area contributed by atoms with Crippen molar-refractivity contribution in [3.63, 3.8) is 0 Å². The van der Waals surface area contributed by atoms with Gasteiger partial charge in [0.2, 0.25) is 5.91 Å². The largest absolute Gasteiger partial charge is 0.492 e. The van der Waals surface area contributed by atoms with Gasteiger partial charge in [-0.05, 0) is 40.7 Å². The topological polar surface area (TPSA) is 99.5 Å². The van der Waals surface area contributed by atoms with Crippen LogP contribution in [0, 0.1) is 16.7 Å². The fourth-order valence-corrected chi connectivity index (χ4v) is 1.59. The molecule has 0 aliphatic carbocycles. The maximum Gasteiger partial charge on any atom is 0.312 e. The maximum absolute atomic E-state index is 11.9. The number of carboxylic acids is 1. The number of hydrogen-bond acceptors (Lipinski definition) is 4. The van der Waals surface area contributed by atoms with Crippen LogP contribution in [-0.2, 0) is 14.3 Å². The molecular formula is C16H26N2O4. The minimum absolute atomic E-state index is 0.103. The molecule has 0 fully saturated rings. The predicted octanol–water partition coefficient (Wildman–Crippen LogP) is 2.37. The lowest BCUT2D eigenvalue weighted by Gasteiger charge is -2.25. The third-order valence-corrected chi connectivity index (χ3v) is 3.23. The molecule has 0 saturated heterocycles. The monoisotopic (exact) mass is 310 g/mol. The number of carbonyl (C=O) groups is 2. The third kappa shape index (κ3) is 5.35. The summed E-state index contributed by atoms with van der Waals surface area (Å²) < 4.78 is 5.60. The summed E-state index contributed by atoms with van der Waals surface area (Å²) in [5.74, 6) is -1.88. The Balaban J connectivity index is 4.89. The number of rotatable bonds is 9. The van der Waals surface area contributed by atoms with Crippen molar-refractivity contribution in [2.24, 2.45) is 11.3 Å². The molecular weight excluding hydrogens is 284 g/mol. The lowest BCUT2D eigenvalue weighted by Crippen LogP contribution is -2.40. The molecule has 1 amide bonds. The predicted molar refractivity (Wildman–Crippen MR) is 85.8 cm³/mol. The molecule has 1 atom stereocenters. The molecule has 0 radical (unpaired) electrons. The molecule has 0 aromatic heterocycles. The number of carboxylic acid groups (broad SMARTS) is 1. The van der Waals surface area contributed by atoms with E-state index in [4.69, 9.17) is 15.3 Å². The summed E-state index contributed by atoms with van der Waals surface area (Å²) in [6.45, 7) is 12.8. The number of hydrogen-bond donors (Lipinski definition) is 3. The smallest absolute Gasteiger partial charge is 0.312 e. The first kappa shape index (κ1) is 19.9. The van der Waals surface area contributed by atoms with Crippen LogP contribution in [0.1, 0.15) is 34.6 Å². The van der Waals surface area contributed by atoms with Gasteiger partial charge in [0.15, 0.2) is 0 Å². The van der Waals surface area contributed by atoms with Crippen molar-refractivity contribution in [1.82, 2.24) is 5.32 Å². The number of ether oxygens (including phenoxy) is 1. The second kappa shape index (κ2) is 8.36. The highest BCUT2D eigenvalue weighted by Crippen LogP contribution is 2.22. The summed E-state index contributed by atoms with van der Waals surface area (Å²) >= 11 is 0. The fourth-order valence-electron chi connectivity index (χ4n) is 1.59. The normalized spacial score (nSPS) is 13.2. The minimum Gasteiger partial charge on any atom is -0.492 e. The number of aliphatic carboxylic acids is 1. The van der Waals surface area contributed by atoms with Gasteiger partial charge in [-0.1, -0.05) is 6.58 Å². The summed E-state index contributed by atoms with van der Waals surface area (Å²) in [6, 6.07) is 0. The quantitative estimate of drug-likeness (QED) is 0.346. The van der Waals surface area contributed by atoms with Crippen LogP contribution in [0.15, 0.2) is 24.0 Å². The zero-order valence-electron chi connectivity index (χ0n) is 13.9. The van der Waals surface area contributed by atoms with Crippen molar-refractivity contribution in [3.05, 3.63) is 24.0 Å². The average molecular weight is 310 g/mol. The number of allylic oxidation sites excluding steroid dienone is 2. The first-order valence-corrected chi connectivity index (χ1v) is 7.16. The third-order valence-electron chi connectivity index (χ3n) is 3.23. The molecule has 1 unspecified atom stereocenters. The van der Waals surface area contributed by atoms with Crippen LogP contribution < -0.4 is 5.32 Å². The molecule has 0 aromatic carbocycles. The molecule has 0 spiro atoms. The van der Waals surface area contributed by atoms with Crippen molar-refractivity contribution in [2.45, 2.75) is 34.6 Å². The van der Waals surface area contributed by atoms with E-state index in [0.717, 1.165) is 0 Å². The van der Waals surface area contributed by atoms with Crippen molar-refractivity contribution < 1.29 is 19.4 Å². The van der Waals surface area contributed by atoms with Gasteiger partial charge < -0.3 is 20.6 Å². The highest BCUT2D eigenvalue weighted by atomic mass is 16.5. The van der Waals surface area contributed by atoms with Crippen molar-refractivity contribution in [2.75, 3.05) is 13.2 Å². The van der Waals surface area contributed by atoms with E-state index in [1.807, 2.05) is 6.92 Å². The molecule has 0 heterocycles. The molecule has 0 rings (SSSR count). The van der Waals surface area contributed by atoms with Gasteiger partial charge in [0.1, 0.15) is 12.4 Å². The Hall–Kier alpha value is -2.11. The molecule has 0 bridgehead atoms. The SMILES string of the molecule is C=C(C(=N)C(C)C(=O)O)C(=CC)OCC(C)(C)C(=O)NCC. The van der Waals surface area contributed by atoms with Crippen molar-refractivity contribution in [1.29, 1.82) is 5.41 Å². The summed E-state index contributed by atoms with van der Waals surface area (Å²) in [6.07, 6.45) is 1.61. The average Bonchev–Trinajstić information content (AvgIpc) is 2.45. The highest BCUT2D eigenvalue weighted by molar-refractivity contribution is 6.10. The van der Waals surface area contributed by atoms with E-state index in [-0.39, 0.29) is 23.8 Å². The van der Waals surface area contributed by atoms with Gasteiger partial charge in [-0.25, -0.2) is 0 Å². The Kier molecular flexibility index (Phi) is 7.56. The molecule has 124 valence electrons. The van der Waals surface area contributed by atoms with E-state index in [0.29, 0.717) is 12.3 Å². The Morgan fingerprint density at radius 2 is 2.00 bits per heavy atom. The van der Waals surface area contributed by atoms with Crippen molar-refractivity contribution >= 4 is 17.6 Å². The Morgan fingerprint density at radius 1 is 1.45 bits per heavy atom. The van der Waals surface area contributed by atoms with Gasteiger partial charge in [0.05, 0.1) is 17.0 Å². The van der Waals surface area contributed by atoms with Crippen LogP contribution in [-0.4, -0.2) is 35.8 Å². The van der Waals surface area contributed by atoms with Gasteiger partial charge in [-0.2, -0.15) is 0 Å². The number of amides is 1. The molecule has 0 aliphatic rings. The minimum atomic E-state index is -1.09. The maximum atomic E-state index is 11.9. The molecule has 22 heavy (non-hydrogen) atoms. The summed E-state index contributed by atoms with van der Waals surface area (Å²) in [4.78, 5) is 22.9. The summed E-state index contributed by atoms with van der Waals surface area (Å²) in [5.41, 5.74) is -0.647. The van der Waals surface area contributed by atoms with E-state index in [9.17, 15) is 9.59 Å². The molecule has 6 heteroatoms. The molecule has 6 nitrogen and oxygen atoms in total.